The van der Waals surface area contributed by atoms with Gasteiger partial charge in [0.15, 0.2) is 5.60 Å². The highest BCUT2D eigenvalue weighted by Gasteiger charge is 2.41. The molecule has 7 heteroatoms. The zero-order valence-corrected chi connectivity index (χ0v) is 16.8. The molecule has 7 nitrogen and oxygen atoms in total. The van der Waals surface area contributed by atoms with Crippen LogP contribution in [0.15, 0.2) is 0 Å². The van der Waals surface area contributed by atoms with Gasteiger partial charge >= 0.3 is 11.9 Å². The fourth-order valence-corrected chi connectivity index (χ4v) is 3.24. The van der Waals surface area contributed by atoms with Gasteiger partial charge in [-0.15, -0.1) is 0 Å². The van der Waals surface area contributed by atoms with Crippen LogP contribution in [0.5, 0.6) is 11.5 Å². The summed E-state index contributed by atoms with van der Waals surface area (Å²) in [5.41, 5.74) is 2.32. The molecule has 0 aliphatic carbocycles. The molecule has 1 aromatic carbocycles. The first-order chi connectivity index (χ1) is 12.6. The number of hydrogen-bond donors (Lipinski definition) is 1. The van der Waals surface area contributed by atoms with E-state index in [1.165, 1.54) is 6.92 Å². The van der Waals surface area contributed by atoms with Gasteiger partial charge in [0.25, 0.3) is 5.91 Å². The molecule has 1 aliphatic heterocycles. The van der Waals surface area contributed by atoms with Crippen molar-refractivity contribution in [1.29, 1.82) is 0 Å². The van der Waals surface area contributed by atoms with Gasteiger partial charge < -0.3 is 19.5 Å². The first-order valence-corrected chi connectivity index (χ1v) is 9.04. The molecule has 1 aliphatic rings. The molecule has 0 spiro atoms. The van der Waals surface area contributed by atoms with Gasteiger partial charge in [-0.1, -0.05) is 0 Å². The lowest BCUT2D eigenvalue weighted by Crippen LogP contribution is -2.52. The third kappa shape index (κ3) is 4.23. The number of benzene rings is 1. The Morgan fingerprint density at radius 2 is 1.81 bits per heavy atom. The van der Waals surface area contributed by atoms with Crippen LogP contribution in [0, 0.1) is 20.8 Å². The summed E-state index contributed by atoms with van der Waals surface area (Å²) < 4.78 is 16.3. The van der Waals surface area contributed by atoms with Gasteiger partial charge in [0.2, 0.25) is 0 Å². The van der Waals surface area contributed by atoms with E-state index in [0.29, 0.717) is 24.3 Å². The van der Waals surface area contributed by atoms with E-state index >= 15 is 0 Å². The number of nitrogens with one attached hydrogen (secondary N) is 1. The molecule has 0 fully saturated rings. The molecule has 1 aromatic rings. The maximum Gasteiger partial charge on any atom is 0.325 e. The number of esters is 2. The monoisotopic (exact) mass is 377 g/mol. The largest absolute Gasteiger partial charge is 0.477 e. The maximum atomic E-state index is 12.6. The molecule has 0 saturated carbocycles. The third-order valence-electron chi connectivity index (χ3n) is 4.92. The Labute approximate surface area is 159 Å². The second-order valence-electron chi connectivity index (χ2n) is 6.93. The van der Waals surface area contributed by atoms with Crippen molar-refractivity contribution in [2.75, 3.05) is 13.2 Å². The van der Waals surface area contributed by atoms with Crippen molar-refractivity contribution in [1.82, 2.24) is 5.32 Å². The minimum Gasteiger partial charge on any atom is -0.477 e. The van der Waals surface area contributed by atoms with Crippen LogP contribution in [0.2, 0.25) is 0 Å². The standard InChI is InChI=1S/C20H27NO6/c1-7-25-16(23)10-21-19(24)20(6)9-8-15-13(4)17(26-14(5)22)11(2)12(3)18(15)27-20/h7-10H2,1-6H3,(H,21,24). The fraction of sp³-hybridized carbons (Fsp3) is 0.550. The van der Waals surface area contributed by atoms with E-state index in [2.05, 4.69) is 5.32 Å². The average molecular weight is 377 g/mol. The molecule has 0 radical (unpaired) electrons. The fourth-order valence-electron chi connectivity index (χ4n) is 3.24. The minimum atomic E-state index is -1.09. The normalized spacial score (nSPS) is 18.1. The van der Waals surface area contributed by atoms with Crippen LogP contribution in [-0.4, -0.2) is 36.6 Å². The summed E-state index contributed by atoms with van der Waals surface area (Å²) in [5, 5.41) is 2.59. The highest BCUT2D eigenvalue weighted by Crippen LogP contribution is 2.43. The van der Waals surface area contributed by atoms with Crippen molar-refractivity contribution < 1.29 is 28.6 Å². The van der Waals surface area contributed by atoms with Crippen LogP contribution >= 0.6 is 0 Å². The Morgan fingerprint density at radius 1 is 1.15 bits per heavy atom. The average Bonchev–Trinajstić information content (AvgIpc) is 2.61. The van der Waals surface area contributed by atoms with E-state index in [-0.39, 0.29) is 25.0 Å². The van der Waals surface area contributed by atoms with E-state index in [1.807, 2.05) is 20.8 Å². The lowest BCUT2D eigenvalue weighted by Gasteiger charge is -2.36. The highest BCUT2D eigenvalue weighted by molar-refractivity contribution is 5.88. The third-order valence-corrected chi connectivity index (χ3v) is 4.92. The number of fused-ring (bicyclic) bond motifs is 1. The molecule has 0 aromatic heterocycles. The van der Waals surface area contributed by atoms with Crippen LogP contribution in [0.4, 0.5) is 0 Å². The lowest BCUT2D eigenvalue weighted by molar-refractivity contribution is -0.146. The summed E-state index contributed by atoms with van der Waals surface area (Å²) >= 11 is 0. The van der Waals surface area contributed by atoms with Crippen LogP contribution in [0.3, 0.4) is 0 Å². The number of ether oxygens (including phenoxy) is 3. The molecule has 1 N–H and O–H groups in total. The van der Waals surface area contributed by atoms with Crippen LogP contribution in [0.1, 0.15) is 49.4 Å². The maximum absolute atomic E-state index is 12.6. The Bertz CT molecular complexity index is 785. The van der Waals surface area contributed by atoms with Crippen molar-refractivity contribution in [3.63, 3.8) is 0 Å². The van der Waals surface area contributed by atoms with Crippen molar-refractivity contribution in [3.8, 4) is 11.5 Å². The highest BCUT2D eigenvalue weighted by atomic mass is 16.5. The molecule has 0 bridgehead atoms. The van der Waals surface area contributed by atoms with Crippen molar-refractivity contribution in [2.45, 2.75) is 60.0 Å². The second-order valence-corrected chi connectivity index (χ2v) is 6.93. The zero-order chi connectivity index (χ0) is 20.4. The zero-order valence-electron chi connectivity index (χ0n) is 16.8. The van der Waals surface area contributed by atoms with Gasteiger partial charge in [0.1, 0.15) is 18.0 Å². The molecular weight excluding hydrogens is 350 g/mol. The molecular formula is C20H27NO6. The minimum absolute atomic E-state index is 0.194. The molecule has 1 heterocycles. The summed E-state index contributed by atoms with van der Waals surface area (Å²) in [7, 11) is 0. The summed E-state index contributed by atoms with van der Waals surface area (Å²) in [5.74, 6) is -0.0290. The van der Waals surface area contributed by atoms with E-state index in [0.717, 1.165) is 22.3 Å². The van der Waals surface area contributed by atoms with E-state index < -0.39 is 11.6 Å². The first kappa shape index (κ1) is 20.7. The van der Waals surface area contributed by atoms with Gasteiger partial charge in [-0.3, -0.25) is 14.4 Å². The van der Waals surface area contributed by atoms with E-state index in [9.17, 15) is 14.4 Å². The summed E-state index contributed by atoms with van der Waals surface area (Å²) in [4.78, 5) is 35.5. The van der Waals surface area contributed by atoms with E-state index in [1.54, 1.807) is 13.8 Å². The molecule has 1 unspecified atom stereocenters. The van der Waals surface area contributed by atoms with E-state index in [4.69, 9.17) is 14.2 Å². The van der Waals surface area contributed by atoms with Crippen LogP contribution in [-0.2, 0) is 25.5 Å². The van der Waals surface area contributed by atoms with Gasteiger partial charge in [0, 0.05) is 18.9 Å². The number of amides is 1. The van der Waals surface area contributed by atoms with Crippen LogP contribution < -0.4 is 14.8 Å². The Hall–Kier alpha value is -2.57. The number of carbonyl (C=O) groups excluding carboxylic acids is 3. The SMILES string of the molecule is CCOC(=O)CNC(=O)C1(C)CCc2c(C)c(OC(C)=O)c(C)c(C)c2O1. The number of hydrogen-bond acceptors (Lipinski definition) is 6. The van der Waals surface area contributed by atoms with Gasteiger partial charge in [-0.25, -0.2) is 0 Å². The second kappa shape index (κ2) is 7.98. The summed E-state index contributed by atoms with van der Waals surface area (Å²) in [6.07, 6.45) is 1.04. The first-order valence-electron chi connectivity index (χ1n) is 9.04. The Morgan fingerprint density at radius 3 is 2.41 bits per heavy atom. The molecule has 27 heavy (non-hydrogen) atoms. The van der Waals surface area contributed by atoms with Crippen molar-refractivity contribution in [3.05, 3.63) is 22.3 Å². The smallest absolute Gasteiger partial charge is 0.325 e. The molecule has 1 amide bonds. The topological polar surface area (TPSA) is 90.9 Å². The predicted octanol–water partition coefficient (Wildman–Crippen LogP) is 2.30. The molecule has 2 rings (SSSR count). The molecule has 148 valence electrons. The van der Waals surface area contributed by atoms with Crippen molar-refractivity contribution >= 4 is 17.8 Å². The van der Waals surface area contributed by atoms with Gasteiger partial charge in [-0.05, 0) is 57.7 Å². The van der Waals surface area contributed by atoms with Crippen LogP contribution in [0.25, 0.3) is 0 Å². The van der Waals surface area contributed by atoms with Gasteiger partial charge in [0.05, 0.1) is 6.61 Å². The Balaban J connectivity index is 2.28. The molecule has 1 atom stereocenters. The quantitative estimate of drug-likeness (QED) is 0.625. The Kier molecular flexibility index (Phi) is 6.13. The predicted molar refractivity (Wildman–Crippen MR) is 99.0 cm³/mol. The number of rotatable bonds is 5. The van der Waals surface area contributed by atoms with Crippen molar-refractivity contribution in [2.24, 2.45) is 0 Å². The summed E-state index contributed by atoms with van der Waals surface area (Å²) in [6.45, 7) is 10.5. The number of carbonyl (C=O) groups is 3. The molecule has 0 saturated heterocycles. The lowest BCUT2D eigenvalue weighted by atomic mass is 9.86. The van der Waals surface area contributed by atoms with Gasteiger partial charge in [-0.2, -0.15) is 0 Å². The summed E-state index contributed by atoms with van der Waals surface area (Å²) in [6, 6.07) is 0.